The summed E-state index contributed by atoms with van der Waals surface area (Å²) in [6, 6.07) is 0.608. The fourth-order valence-corrected chi connectivity index (χ4v) is 3.99. The van der Waals surface area contributed by atoms with Gasteiger partial charge in [0.2, 0.25) is 5.28 Å². The predicted octanol–water partition coefficient (Wildman–Crippen LogP) is 3.17. The van der Waals surface area contributed by atoms with Gasteiger partial charge in [0.05, 0.1) is 0 Å². The third-order valence-corrected chi connectivity index (χ3v) is 4.91. The van der Waals surface area contributed by atoms with Crippen molar-refractivity contribution in [2.75, 3.05) is 0 Å². The quantitative estimate of drug-likeness (QED) is 0.791. The summed E-state index contributed by atoms with van der Waals surface area (Å²) in [7, 11) is 0. The molecule has 0 N–H and O–H groups in total. The van der Waals surface area contributed by atoms with Crippen molar-refractivity contribution < 1.29 is 0 Å². The molecule has 0 radical (unpaired) electrons. The Labute approximate surface area is 100 Å². The van der Waals surface area contributed by atoms with Gasteiger partial charge in [-0.25, -0.2) is 0 Å². The monoisotopic (exact) mass is 237 g/mol. The SMILES string of the molecule is Clc1nnc(C2CC2)n1C1CC2CCC1C2. The molecule has 1 aromatic heterocycles. The Morgan fingerprint density at radius 3 is 2.56 bits per heavy atom. The van der Waals surface area contributed by atoms with Gasteiger partial charge in [-0.2, -0.15) is 0 Å². The molecule has 3 aliphatic carbocycles. The van der Waals surface area contributed by atoms with Crippen LogP contribution in [0.3, 0.4) is 0 Å². The van der Waals surface area contributed by atoms with E-state index in [4.69, 9.17) is 11.6 Å². The molecule has 0 spiro atoms. The maximum Gasteiger partial charge on any atom is 0.225 e. The van der Waals surface area contributed by atoms with Gasteiger partial charge in [0.1, 0.15) is 5.82 Å². The molecule has 4 heteroatoms. The third kappa shape index (κ3) is 1.27. The second-order valence-electron chi connectivity index (χ2n) is 5.71. The number of fused-ring (bicyclic) bond motifs is 2. The molecule has 0 saturated heterocycles. The van der Waals surface area contributed by atoms with Crippen molar-refractivity contribution in [2.45, 2.75) is 50.5 Å². The van der Waals surface area contributed by atoms with Crippen LogP contribution in [-0.2, 0) is 0 Å². The lowest BCUT2D eigenvalue weighted by atomic mass is 9.95. The van der Waals surface area contributed by atoms with Gasteiger partial charge in [-0.1, -0.05) is 6.42 Å². The minimum Gasteiger partial charge on any atom is -0.298 e. The van der Waals surface area contributed by atoms with Crippen LogP contribution in [0.1, 0.15) is 56.3 Å². The highest BCUT2D eigenvalue weighted by atomic mass is 35.5. The zero-order valence-electron chi connectivity index (χ0n) is 9.27. The second kappa shape index (κ2) is 3.22. The van der Waals surface area contributed by atoms with Crippen LogP contribution in [0.25, 0.3) is 0 Å². The van der Waals surface area contributed by atoms with Gasteiger partial charge in [0, 0.05) is 12.0 Å². The summed E-state index contributed by atoms with van der Waals surface area (Å²) in [6.45, 7) is 0. The fourth-order valence-electron chi connectivity index (χ4n) is 3.74. The fraction of sp³-hybridized carbons (Fsp3) is 0.833. The Balaban J connectivity index is 1.73. The Morgan fingerprint density at radius 2 is 1.94 bits per heavy atom. The molecule has 3 saturated carbocycles. The molecule has 16 heavy (non-hydrogen) atoms. The molecule has 1 aromatic rings. The Kier molecular flexibility index (Phi) is 1.90. The van der Waals surface area contributed by atoms with E-state index in [0.717, 1.165) is 11.8 Å². The molecule has 4 rings (SSSR count). The highest BCUT2D eigenvalue weighted by Gasteiger charge is 2.43. The molecular weight excluding hydrogens is 222 g/mol. The van der Waals surface area contributed by atoms with E-state index in [-0.39, 0.29) is 0 Å². The van der Waals surface area contributed by atoms with E-state index < -0.39 is 0 Å². The van der Waals surface area contributed by atoms with Gasteiger partial charge in [-0.15, -0.1) is 10.2 Å². The van der Waals surface area contributed by atoms with Crippen LogP contribution >= 0.6 is 11.6 Å². The number of aromatic nitrogens is 3. The molecule has 0 aromatic carbocycles. The van der Waals surface area contributed by atoms with Crippen LogP contribution in [-0.4, -0.2) is 14.8 Å². The third-order valence-electron chi connectivity index (χ3n) is 4.66. The Bertz CT molecular complexity index is 424. The Hall–Kier alpha value is -0.570. The van der Waals surface area contributed by atoms with E-state index >= 15 is 0 Å². The van der Waals surface area contributed by atoms with Crippen LogP contribution < -0.4 is 0 Å². The minimum absolute atomic E-state index is 0.608. The highest BCUT2D eigenvalue weighted by molar-refractivity contribution is 6.28. The van der Waals surface area contributed by atoms with Crippen LogP contribution in [0.5, 0.6) is 0 Å². The van der Waals surface area contributed by atoms with Crippen LogP contribution in [0.2, 0.25) is 5.28 Å². The molecule has 2 bridgehead atoms. The normalized spacial score (nSPS) is 37.2. The maximum atomic E-state index is 6.22. The zero-order valence-corrected chi connectivity index (χ0v) is 10.0. The van der Waals surface area contributed by atoms with E-state index in [2.05, 4.69) is 14.8 Å². The average Bonchev–Trinajstić information content (AvgIpc) is 2.74. The molecule has 3 nitrogen and oxygen atoms in total. The first-order valence-corrected chi connectivity index (χ1v) is 6.81. The van der Waals surface area contributed by atoms with Crippen molar-refractivity contribution in [2.24, 2.45) is 11.8 Å². The van der Waals surface area contributed by atoms with E-state index in [0.29, 0.717) is 17.2 Å². The number of rotatable bonds is 2. The summed E-state index contributed by atoms with van der Waals surface area (Å²) >= 11 is 6.22. The lowest BCUT2D eigenvalue weighted by Gasteiger charge is -2.24. The van der Waals surface area contributed by atoms with Gasteiger partial charge >= 0.3 is 0 Å². The second-order valence-corrected chi connectivity index (χ2v) is 6.05. The van der Waals surface area contributed by atoms with Crippen molar-refractivity contribution in [1.82, 2.24) is 14.8 Å². The van der Waals surface area contributed by atoms with Crippen LogP contribution in [0, 0.1) is 11.8 Å². The van der Waals surface area contributed by atoms with Gasteiger partial charge < -0.3 is 0 Å². The number of hydrogen-bond donors (Lipinski definition) is 0. The topological polar surface area (TPSA) is 30.7 Å². The molecule has 86 valence electrons. The zero-order chi connectivity index (χ0) is 10.7. The molecule has 1 heterocycles. The van der Waals surface area contributed by atoms with Crippen molar-refractivity contribution in [3.8, 4) is 0 Å². The summed E-state index contributed by atoms with van der Waals surface area (Å²) in [5, 5.41) is 9.00. The van der Waals surface area contributed by atoms with Crippen LogP contribution in [0.15, 0.2) is 0 Å². The van der Waals surface area contributed by atoms with Crippen molar-refractivity contribution in [3.05, 3.63) is 11.1 Å². The lowest BCUT2D eigenvalue weighted by Crippen LogP contribution is -2.18. The maximum absolute atomic E-state index is 6.22. The number of halogens is 1. The Morgan fingerprint density at radius 1 is 1.06 bits per heavy atom. The van der Waals surface area contributed by atoms with Crippen molar-refractivity contribution >= 4 is 11.6 Å². The van der Waals surface area contributed by atoms with E-state index in [1.165, 1.54) is 44.3 Å². The molecule has 0 amide bonds. The standard InChI is InChI=1S/C12H16ClN3/c13-12-15-14-11(8-3-4-8)16(12)10-6-7-1-2-9(10)5-7/h7-10H,1-6H2. The molecule has 3 atom stereocenters. The summed E-state index contributed by atoms with van der Waals surface area (Å²) in [4.78, 5) is 0. The van der Waals surface area contributed by atoms with Gasteiger partial charge in [0.15, 0.2) is 0 Å². The first-order chi connectivity index (χ1) is 7.83. The summed E-state index contributed by atoms with van der Waals surface area (Å²) in [5.74, 6) is 3.61. The number of nitrogens with zero attached hydrogens (tertiary/aromatic N) is 3. The van der Waals surface area contributed by atoms with E-state index in [1.54, 1.807) is 0 Å². The van der Waals surface area contributed by atoms with Gasteiger partial charge in [-0.3, -0.25) is 4.57 Å². The molecular formula is C12H16ClN3. The van der Waals surface area contributed by atoms with E-state index in [9.17, 15) is 0 Å². The summed E-state index contributed by atoms with van der Waals surface area (Å²) < 4.78 is 2.27. The highest BCUT2D eigenvalue weighted by Crippen LogP contribution is 2.53. The molecule has 3 unspecified atom stereocenters. The molecule has 0 aliphatic heterocycles. The molecule has 3 aliphatic rings. The minimum atomic E-state index is 0.608. The first kappa shape index (κ1) is 9.46. The first-order valence-electron chi connectivity index (χ1n) is 6.43. The van der Waals surface area contributed by atoms with Crippen molar-refractivity contribution in [3.63, 3.8) is 0 Å². The number of hydrogen-bond acceptors (Lipinski definition) is 2. The summed E-state index contributed by atoms with van der Waals surface area (Å²) in [5.41, 5.74) is 0. The van der Waals surface area contributed by atoms with Gasteiger partial charge in [0.25, 0.3) is 0 Å². The van der Waals surface area contributed by atoms with Gasteiger partial charge in [-0.05, 0) is 55.5 Å². The van der Waals surface area contributed by atoms with E-state index in [1.807, 2.05) is 0 Å². The lowest BCUT2D eigenvalue weighted by molar-refractivity contribution is 0.322. The largest absolute Gasteiger partial charge is 0.298 e. The van der Waals surface area contributed by atoms with Crippen molar-refractivity contribution in [1.29, 1.82) is 0 Å². The smallest absolute Gasteiger partial charge is 0.225 e. The predicted molar refractivity (Wildman–Crippen MR) is 61.5 cm³/mol. The summed E-state index contributed by atoms with van der Waals surface area (Å²) in [6.07, 6.45) is 8.07. The average molecular weight is 238 g/mol. The van der Waals surface area contributed by atoms with Crippen LogP contribution in [0.4, 0.5) is 0 Å². The molecule has 3 fully saturated rings.